The number of hydrogen-bond donors (Lipinski definition) is 1. The van der Waals surface area contributed by atoms with Crippen LogP contribution in [0.1, 0.15) is 26.2 Å². The largest absolute Gasteiger partial charge is 0.396 e. The van der Waals surface area contributed by atoms with Gasteiger partial charge in [-0.1, -0.05) is 19.8 Å². The molecule has 0 bridgehead atoms. The Morgan fingerprint density at radius 1 is 1.33 bits per heavy atom. The minimum atomic E-state index is -3.57. The predicted octanol–water partition coefficient (Wildman–Crippen LogP) is 2.22. The van der Waals surface area contributed by atoms with E-state index in [4.69, 9.17) is 5.73 Å². The molecule has 1 aromatic carbocycles. The molecule has 0 heterocycles. The summed E-state index contributed by atoms with van der Waals surface area (Å²) >= 11 is 0. The van der Waals surface area contributed by atoms with E-state index < -0.39 is 15.8 Å². The SMILES string of the molecule is CCCCCN(C)S(=O)(=O)c1ccc(F)c(N)c1. The Morgan fingerprint density at radius 3 is 2.56 bits per heavy atom. The fourth-order valence-electron chi connectivity index (χ4n) is 1.57. The summed E-state index contributed by atoms with van der Waals surface area (Å²) in [5.41, 5.74) is 5.23. The van der Waals surface area contributed by atoms with Crippen LogP contribution in [0.5, 0.6) is 0 Å². The van der Waals surface area contributed by atoms with Gasteiger partial charge in [0.2, 0.25) is 10.0 Å². The summed E-state index contributed by atoms with van der Waals surface area (Å²) in [5.74, 6) is -0.609. The summed E-state index contributed by atoms with van der Waals surface area (Å²) in [5, 5.41) is 0. The van der Waals surface area contributed by atoms with Crippen LogP contribution in [-0.4, -0.2) is 26.3 Å². The molecule has 6 heteroatoms. The van der Waals surface area contributed by atoms with E-state index in [2.05, 4.69) is 6.92 Å². The highest BCUT2D eigenvalue weighted by Gasteiger charge is 2.20. The van der Waals surface area contributed by atoms with E-state index in [1.807, 2.05) is 0 Å². The van der Waals surface area contributed by atoms with Gasteiger partial charge in [-0.05, 0) is 24.6 Å². The van der Waals surface area contributed by atoms with Crippen molar-refractivity contribution >= 4 is 15.7 Å². The third-order valence-corrected chi connectivity index (χ3v) is 4.61. The zero-order valence-corrected chi connectivity index (χ0v) is 11.5. The zero-order valence-electron chi connectivity index (χ0n) is 10.7. The number of nitrogen functional groups attached to an aromatic ring is 1. The molecular formula is C12H19FN2O2S. The molecule has 0 aliphatic carbocycles. The van der Waals surface area contributed by atoms with Crippen LogP contribution in [0, 0.1) is 5.82 Å². The van der Waals surface area contributed by atoms with Crippen molar-refractivity contribution in [3.63, 3.8) is 0 Å². The number of hydrogen-bond acceptors (Lipinski definition) is 3. The molecule has 0 saturated carbocycles. The van der Waals surface area contributed by atoms with E-state index in [0.717, 1.165) is 31.4 Å². The van der Waals surface area contributed by atoms with Crippen molar-refractivity contribution in [2.24, 2.45) is 0 Å². The quantitative estimate of drug-likeness (QED) is 0.639. The maximum atomic E-state index is 13.0. The molecule has 0 radical (unpaired) electrons. The summed E-state index contributed by atoms with van der Waals surface area (Å²) in [7, 11) is -2.05. The molecule has 0 unspecified atom stereocenters. The molecule has 0 aromatic heterocycles. The molecule has 1 rings (SSSR count). The Balaban J connectivity index is 2.88. The summed E-state index contributed by atoms with van der Waals surface area (Å²) in [6.07, 6.45) is 2.81. The van der Waals surface area contributed by atoms with Crippen molar-refractivity contribution in [3.05, 3.63) is 24.0 Å². The molecule has 0 saturated heterocycles. The van der Waals surface area contributed by atoms with E-state index in [0.29, 0.717) is 6.54 Å². The number of rotatable bonds is 6. The first-order valence-corrected chi connectivity index (χ1v) is 7.35. The molecule has 0 fully saturated rings. The fraction of sp³-hybridized carbons (Fsp3) is 0.500. The minimum absolute atomic E-state index is 0.0281. The van der Waals surface area contributed by atoms with Crippen LogP contribution in [0.2, 0.25) is 0 Å². The van der Waals surface area contributed by atoms with Crippen LogP contribution in [0.3, 0.4) is 0 Å². The van der Waals surface area contributed by atoms with Crippen LogP contribution in [0.4, 0.5) is 10.1 Å². The molecule has 18 heavy (non-hydrogen) atoms. The number of sulfonamides is 1. The molecule has 1 aromatic rings. The van der Waals surface area contributed by atoms with Gasteiger partial charge in [-0.2, -0.15) is 0 Å². The molecule has 2 N–H and O–H groups in total. The third-order valence-electron chi connectivity index (χ3n) is 2.75. The topological polar surface area (TPSA) is 63.4 Å². The van der Waals surface area contributed by atoms with Crippen LogP contribution >= 0.6 is 0 Å². The number of benzene rings is 1. The molecule has 0 atom stereocenters. The Hall–Kier alpha value is -1.14. The highest BCUT2D eigenvalue weighted by atomic mass is 32.2. The van der Waals surface area contributed by atoms with Gasteiger partial charge in [0.05, 0.1) is 10.6 Å². The van der Waals surface area contributed by atoms with Gasteiger partial charge in [-0.15, -0.1) is 0 Å². The van der Waals surface area contributed by atoms with Crippen molar-refractivity contribution in [2.75, 3.05) is 19.3 Å². The van der Waals surface area contributed by atoms with Crippen molar-refractivity contribution < 1.29 is 12.8 Å². The average molecular weight is 274 g/mol. The zero-order chi connectivity index (χ0) is 13.8. The lowest BCUT2D eigenvalue weighted by Crippen LogP contribution is -2.28. The highest BCUT2D eigenvalue weighted by Crippen LogP contribution is 2.19. The van der Waals surface area contributed by atoms with Crippen LogP contribution < -0.4 is 5.73 Å². The Bertz CT molecular complexity index is 503. The molecule has 0 spiro atoms. The van der Waals surface area contributed by atoms with Gasteiger partial charge >= 0.3 is 0 Å². The number of nitrogens with zero attached hydrogens (tertiary/aromatic N) is 1. The maximum absolute atomic E-state index is 13.0. The normalized spacial score (nSPS) is 12.0. The lowest BCUT2D eigenvalue weighted by atomic mass is 10.2. The standard InChI is InChI=1S/C12H19FN2O2S/c1-3-4-5-8-15(2)18(16,17)10-6-7-11(13)12(14)9-10/h6-7,9H,3-5,8,14H2,1-2H3. The van der Waals surface area contributed by atoms with Crippen LogP contribution in [-0.2, 0) is 10.0 Å². The van der Waals surface area contributed by atoms with E-state index in [1.54, 1.807) is 0 Å². The van der Waals surface area contributed by atoms with Gasteiger partial charge in [-0.25, -0.2) is 17.1 Å². The first-order valence-electron chi connectivity index (χ1n) is 5.91. The number of anilines is 1. The average Bonchev–Trinajstić information content (AvgIpc) is 2.32. The van der Waals surface area contributed by atoms with Crippen molar-refractivity contribution in [1.82, 2.24) is 4.31 Å². The molecule has 0 aliphatic rings. The van der Waals surface area contributed by atoms with E-state index >= 15 is 0 Å². The Labute approximate surface area is 108 Å². The second kappa shape index (κ2) is 6.15. The van der Waals surface area contributed by atoms with Crippen molar-refractivity contribution in [1.29, 1.82) is 0 Å². The second-order valence-corrected chi connectivity index (χ2v) is 6.26. The molecular weight excluding hydrogens is 255 g/mol. The Morgan fingerprint density at radius 2 is 2.00 bits per heavy atom. The number of halogens is 1. The third kappa shape index (κ3) is 3.43. The molecule has 102 valence electrons. The minimum Gasteiger partial charge on any atom is -0.396 e. The van der Waals surface area contributed by atoms with Gasteiger partial charge < -0.3 is 5.73 Å². The van der Waals surface area contributed by atoms with Gasteiger partial charge in [0.1, 0.15) is 5.82 Å². The summed E-state index contributed by atoms with van der Waals surface area (Å²) < 4.78 is 38.6. The van der Waals surface area contributed by atoms with Crippen molar-refractivity contribution in [3.8, 4) is 0 Å². The Kier molecular flexibility index (Phi) is 5.10. The monoisotopic (exact) mass is 274 g/mol. The molecule has 4 nitrogen and oxygen atoms in total. The van der Waals surface area contributed by atoms with Gasteiger partial charge in [-0.3, -0.25) is 0 Å². The summed E-state index contributed by atoms with van der Waals surface area (Å²) in [6, 6.07) is 3.46. The highest BCUT2D eigenvalue weighted by molar-refractivity contribution is 7.89. The van der Waals surface area contributed by atoms with Crippen LogP contribution in [0.15, 0.2) is 23.1 Å². The maximum Gasteiger partial charge on any atom is 0.242 e. The first kappa shape index (κ1) is 14.9. The molecule has 0 amide bonds. The number of nitrogens with two attached hydrogens (primary N) is 1. The first-order chi connectivity index (χ1) is 8.39. The summed E-state index contributed by atoms with van der Waals surface area (Å²) in [6.45, 7) is 2.50. The number of unbranched alkanes of at least 4 members (excludes halogenated alkanes) is 2. The van der Waals surface area contributed by atoms with E-state index in [-0.39, 0.29) is 10.6 Å². The van der Waals surface area contributed by atoms with Gasteiger partial charge in [0.15, 0.2) is 0 Å². The van der Waals surface area contributed by atoms with Crippen LogP contribution in [0.25, 0.3) is 0 Å². The lowest BCUT2D eigenvalue weighted by Gasteiger charge is -2.17. The van der Waals surface area contributed by atoms with Gasteiger partial charge in [0.25, 0.3) is 0 Å². The van der Waals surface area contributed by atoms with Gasteiger partial charge in [0, 0.05) is 13.6 Å². The lowest BCUT2D eigenvalue weighted by molar-refractivity contribution is 0.454. The molecule has 0 aliphatic heterocycles. The van der Waals surface area contributed by atoms with E-state index in [9.17, 15) is 12.8 Å². The smallest absolute Gasteiger partial charge is 0.242 e. The van der Waals surface area contributed by atoms with E-state index in [1.165, 1.54) is 17.4 Å². The fourth-order valence-corrected chi connectivity index (χ4v) is 2.81. The predicted molar refractivity (Wildman–Crippen MR) is 70.2 cm³/mol. The van der Waals surface area contributed by atoms with Crippen molar-refractivity contribution in [2.45, 2.75) is 31.1 Å². The summed E-state index contributed by atoms with van der Waals surface area (Å²) in [4.78, 5) is 0.0281. The second-order valence-electron chi connectivity index (χ2n) is 4.22.